The van der Waals surface area contributed by atoms with Gasteiger partial charge in [0.25, 0.3) is 0 Å². The fraction of sp³-hybridized carbons (Fsp3) is 0.750. The highest BCUT2D eigenvalue weighted by Crippen LogP contribution is 2.02. The summed E-state index contributed by atoms with van der Waals surface area (Å²) in [5.74, 6) is 0. The Hall–Kier alpha value is 0.986. The first kappa shape index (κ1) is 11.0. The molecule has 0 unspecified atom stereocenters. The molecule has 0 radical (unpaired) electrons. The van der Waals surface area contributed by atoms with Gasteiger partial charge in [0, 0.05) is 0 Å². The number of hydrogen-bond donors (Lipinski definition) is 0. The van der Waals surface area contributed by atoms with Gasteiger partial charge in [-0.1, -0.05) is 26.2 Å². The lowest BCUT2D eigenvalue weighted by Gasteiger charge is -1.92. The molecule has 0 heterocycles. The maximum absolute atomic E-state index is 3.48. The first-order valence-corrected chi connectivity index (χ1v) is 8.84. The summed E-state index contributed by atoms with van der Waals surface area (Å²) >= 11 is 3.49. The largest absolute Gasteiger partial charge is 0.498 e. The molecule has 0 rings (SSSR count). The van der Waals surface area contributed by atoms with E-state index in [0.717, 1.165) is 0 Å². The summed E-state index contributed by atoms with van der Waals surface area (Å²) in [6.07, 6.45) is 9.14. The van der Waals surface area contributed by atoms with Gasteiger partial charge in [0.05, 0.1) is 0 Å². The molecule has 0 aliphatic rings. The predicted molar refractivity (Wildman–Crippen MR) is 52.6 cm³/mol. The lowest BCUT2D eigenvalue weighted by molar-refractivity contribution is 0.675. The van der Waals surface area contributed by atoms with Gasteiger partial charge in [0.2, 0.25) is 0 Å². The van der Waals surface area contributed by atoms with Gasteiger partial charge in [0.1, 0.15) is 0 Å². The zero-order valence-electron chi connectivity index (χ0n) is 6.78. The van der Waals surface area contributed by atoms with Crippen molar-refractivity contribution in [3.63, 3.8) is 0 Å². The van der Waals surface area contributed by atoms with Crippen LogP contribution in [0.4, 0.5) is 0 Å². The third-order valence-electron chi connectivity index (χ3n) is 1.48. The van der Waals surface area contributed by atoms with Crippen molar-refractivity contribution in [3.8, 4) is 0 Å². The highest BCUT2D eigenvalue weighted by molar-refractivity contribution is 9.23. The van der Waals surface area contributed by atoms with Crippen LogP contribution in [0.1, 0.15) is 39.0 Å². The second kappa shape index (κ2) is 9.99. The summed E-state index contributed by atoms with van der Waals surface area (Å²) in [5.41, 5.74) is 0. The fourth-order valence-corrected chi connectivity index (χ4v) is 2.02. The van der Waals surface area contributed by atoms with E-state index in [1.165, 1.54) is 32.1 Å². The Kier molecular flexibility index (Phi) is 11.0. The van der Waals surface area contributed by atoms with Crippen molar-refractivity contribution < 1.29 is 0 Å². The molecule has 0 amide bonds. The van der Waals surface area contributed by atoms with Crippen LogP contribution in [0, 0.1) is 0 Å². The standard InChI is InChI=1S/C8H15.BrH.Mg/c1-3-5-7-8-6-4-2;;/h1,3H,4-8H2,2H3;1H;/q;;+1/p-1. The van der Waals surface area contributed by atoms with Crippen LogP contribution in [0.2, 0.25) is 0 Å². The van der Waals surface area contributed by atoms with Crippen LogP contribution in [0.5, 0.6) is 0 Å². The lowest BCUT2D eigenvalue weighted by atomic mass is 10.2. The average molecular weight is 215 g/mol. The van der Waals surface area contributed by atoms with E-state index in [0.29, 0.717) is 0 Å². The smallest absolute Gasteiger partial charge is 0.297 e. The molecule has 0 saturated carbocycles. The molecular formula is C8H15BrMg. The number of unbranched alkanes of at least 4 members (excludes halogenated alkanes) is 4. The van der Waals surface area contributed by atoms with Crippen molar-refractivity contribution in [2.24, 2.45) is 0 Å². The zero-order valence-corrected chi connectivity index (χ0v) is 9.78. The minimum Gasteiger partial charge on any atom is -0.297 e. The molecule has 0 aliphatic heterocycles. The van der Waals surface area contributed by atoms with E-state index >= 15 is 0 Å². The number of hydrogen-bond acceptors (Lipinski definition) is 0. The van der Waals surface area contributed by atoms with Gasteiger partial charge in [-0.3, -0.25) is 12.9 Å². The third-order valence-corrected chi connectivity index (χ3v) is 3.11. The fourth-order valence-electron chi connectivity index (χ4n) is 0.870. The van der Waals surface area contributed by atoms with E-state index < -0.39 is 0 Å². The molecule has 10 heavy (non-hydrogen) atoms. The Bertz CT molecular complexity index is 81.3. The summed E-state index contributed by atoms with van der Waals surface area (Å²) < 4.78 is 2.31. The van der Waals surface area contributed by atoms with E-state index in [1.54, 1.807) is 0 Å². The summed E-state index contributed by atoms with van der Waals surface area (Å²) in [6, 6.07) is 0. The van der Waals surface area contributed by atoms with Crippen LogP contribution < -0.4 is 0 Å². The van der Waals surface area contributed by atoms with Crippen molar-refractivity contribution in [3.05, 3.63) is 10.3 Å². The van der Waals surface area contributed by atoms with Gasteiger partial charge in [-0.25, -0.2) is 0 Å². The molecule has 0 nitrogen and oxygen atoms in total. The number of halogens is 1. The van der Waals surface area contributed by atoms with Crippen LogP contribution in [0.25, 0.3) is 0 Å². The molecule has 0 aliphatic carbocycles. The molecule has 0 spiro atoms. The molecular weight excluding hydrogens is 200 g/mol. The molecule has 0 aromatic heterocycles. The van der Waals surface area contributed by atoms with Crippen LogP contribution in [0.15, 0.2) is 10.3 Å². The normalized spacial score (nSPS) is 10.2. The van der Waals surface area contributed by atoms with Gasteiger partial charge >= 0.3 is 18.2 Å². The highest BCUT2D eigenvalue weighted by Gasteiger charge is 1.83. The van der Waals surface area contributed by atoms with Crippen molar-refractivity contribution in [2.45, 2.75) is 39.0 Å². The van der Waals surface area contributed by atoms with E-state index in [2.05, 4.69) is 30.1 Å². The molecule has 0 saturated heterocycles. The Morgan fingerprint density at radius 3 is 2.70 bits per heavy atom. The Morgan fingerprint density at radius 1 is 1.30 bits per heavy atom. The predicted octanol–water partition coefficient (Wildman–Crippen LogP) is 3.48. The second-order valence-corrected chi connectivity index (χ2v) is 5.20. The molecule has 0 N–H and O–H groups in total. The third kappa shape index (κ3) is 8.99. The molecule has 0 bridgehead atoms. The van der Waals surface area contributed by atoms with Crippen LogP contribution in [-0.4, -0.2) is 18.2 Å². The van der Waals surface area contributed by atoms with Crippen molar-refractivity contribution in [1.82, 2.24) is 0 Å². The monoisotopic (exact) mass is 214 g/mol. The number of rotatable bonds is 6. The Morgan fingerprint density at radius 2 is 2.10 bits per heavy atom. The molecule has 0 aromatic carbocycles. The van der Waals surface area contributed by atoms with Crippen molar-refractivity contribution in [1.29, 1.82) is 0 Å². The summed E-state index contributed by atoms with van der Waals surface area (Å²) in [4.78, 5) is 0. The van der Waals surface area contributed by atoms with Crippen molar-refractivity contribution >= 4 is 31.1 Å². The van der Waals surface area contributed by atoms with E-state index in [9.17, 15) is 0 Å². The summed E-state index contributed by atoms with van der Waals surface area (Å²) in [5, 5.41) is 0. The summed E-state index contributed by atoms with van der Waals surface area (Å²) in [7, 11) is 0. The zero-order chi connectivity index (χ0) is 7.66. The topological polar surface area (TPSA) is 0 Å². The minimum absolute atomic E-state index is 0.00646. The van der Waals surface area contributed by atoms with Gasteiger partial charge in [-0.2, -0.15) is 4.21 Å². The molecule has 0 fully saturated rings. The van der Waals surface area contributed by atoms with Gasteiger partial charge < -0.3 is 0 Å². The van der Waals surface area contributed by atoms with Gasteiger partial charge in [0.15, 0.2) is 0 Å². The molecule has 0 atom stereocenters. The first-order valence-electron chi connectivity index (χ1n) is 4.12. The minimum atomic E-state index is 0.00646. The Balaban J connectivity index is 2.83. The van der Waals surface area contributed by atoms with E-state index in [4.69, 9.17) is 0 Å². The lowest BCUT2D eigenvalue weighted by Crippen LogP contribution is -1.74. The maximum Gasteiger partial charge on any atom is 0.498 e. The molecule has 0 aromatic rings. The van der Waals surface area contributed by atoms with Gasteiger partial charge in [-0.15, -0.1) is 6.08 Å². The van der Waals surface area contributed by atoms with E-state index in [-0.39, 0.29) is 18.2 Å². The maximum atomic E-state index is 3.48. The quantitative estimate of drug-likeness (QED) is 0.470. The van der Waals surface area contributed by atoms with Crippen LogP contribution >= 0.6 is 12.9 Å². The SMILES string of the molecule is CCCCCC/C=[CH]/[Mg][Br]. The highest BCUT2D eigenvalue weighted by atomic mass is 79.9. The van der Waals surface area contributed by atoms with Crippen LogP contribution in [-0.2, 0) is 0 Å². The molecule has 2 heteroatoms. The number of allylic oxidation sites excluding steroid dienone is 1. The first-order chi connectivity index (χ1) is 4.91. The second-order valence-electron chi connectivity index (χ2n) is 2.48. The summed E-state index contributed by atoms with van der Waals surface area (Å²) in [6.45, 7) is 2.25. The van der Waals surface area contributed by atoms with Gasteiger partial charge in [-0.05, 0) is 12.8 Å². The molecule has 56 valence electrons. The van der Waals surface area contributed by atoms with Crippen LogP contribution in [0.3, 0.4) is 0 Å². The van der Waals surface area contributed by atoms with Crippen molar-refractivity contribution in [2.75, 3.05) is 0 Å². The van der Waals surface area contributed by atoms with E-state index in [1.807, 2.05) is 0 Å². The Labute approximate surface area is 80.1 Å². The average Bonchev–Trinajstić information content (AvgIpc) is 1.97.